The molecule has 152 valence electrons. The molecule has 1 N–H and O–H groups in total. The number of carbonyl (C=O) groups excluding carboxylic acids is 1. The summed E-state index contributed by atoms with van der Waals surface area (Å²) in [6, 6.07) is 8.67. The van der Waals surface area contributed by atoms with E-state index >= 15 is 0 Å². The number of aromatic nitrogens is 3. The van der Waals surface area contributed by atoms with Gasteiger partial charge < -0.3 is 5.32 Å². The number of hydrogen-bond acceptors (Lipinski definition) is 5. The number of halogens is 2. The summed E-state index contributed by atoms with van der Waals surface area (Å²) < 4.78 is 1.66. The van der Waals surface area contributed by atoms with Crippen LogP contribution < -0.4 is 10.9 Å². The van der Waals surface area contributed by atoms with Crippen molar-refractivity contribution < 1.29 is 4.79 Å². The lowest BCUT2D eigenvalue weighted by molar-refractivity contribution is -0.115. The molecule has 2 aromatic heterocycles. The van der Waals surface area contributed by atoms with Crippen LogP contribution in [0.4, 0.5) is 5.82 Å². The van der Waals surface area contributed by atoms with Gasteiger partial charge in [0.1, 0.15) is 0 Å². The van der Waals surface area contributed by atoms with Crippen LogP contribution in [0.15, 0.2) is 46.5 Å². The molecule has 1 amide bonds. The van der Waals surface area contributed by atoms with Crippen LogP contribution in [0.25, 0.3) is 10.9 Å². The molecule has 0 fully saturated rings. The molecular weight excluding hydrogens is 431 g/mol. The summed E-state index contributed by atoms with van der Waals surface area (Å²) in [6.07, 6.45) is 2.17. The van der Waals surface area contributed by atoms with Crippen molar-refractivity contribution in [2.45, 2.75) is 43.6 Å². The largest absolute Gasteiger partial charge is 0.308 e. The zero-order chi connectivity index (χ0) is 21.1. The van der Waals surface area contributed by atoms with Crippen molar-refractivity contribution in [3.63, 3.8) is 0 Å². The van der Waals surface area contributed by atoms with Gasteiger partial charge in [-0.1, -0.05) is 54.0 Å². The van der Waals surface area contributed by atoms with Gasteiger partial charge in [0.15, 0.2) is 11.0 Å². The number of benzene rings is 1. The maximum atomic E-state index is 13.0. The second-order valence-corrected chi connectivity index (χ2v) is 8.73. The molecule has 0 radical (unpaired) electrons. The summed E-state index contributed by atoms with van der Waals surface area (Å²) in [6.45, 7) is 5.71. The Morgan fingerprint density at radius 3 is 2.69 bits per heavy atom. The van der Waals surface area contributed by atoms with Gasteiger partial charge in [-0.05, 0) is 38.5 Å². The molecule has 6 nitrogen and oxygen atoms in total. The summed E-state index contributed by atoms with van der Waals surface area (Å²) in [5, 5.41) is 3.86. The lowest BCUT2D eigenvalue weighted by Gasteiger charge is -2.20. The fraction of sp³-hybridized carbons (Fsp3) is 0.300. The second kappa shape index (κ2) is 9.15. The Morgan fingerprint density at radius 2 is 2.00 bits per heavy atom. The number of anilines is 1. The van der Waals surface area contributed by atoms with Crippen LogP contribution in [0.3, 0.4) is 0 Å². The van der Waals surface area contributed by atoms with Crippen LogP contribution >= 0.6 is 35.0 Å². The Bertz CT molecular complexity index is 1120. The van der Waals surface area contributed by atoms with Crippen molar-refractivity contribution in [3.8, 4) is 0 Å². The maximum Gasteiger partial charge on any atom is 0.262 e. The Hall–Kier alpha value is -2.09. The minimum absolute atomic E-state index is 0.0512. The molecule has 0 bridgehead atoms. The first kappa shape index (κ1) is 21.6. The van der Waals surface area contributed by atoms with E-state index in [4.69, 9.17) is 23.2 Å². The van der Waals surface area contributed by atoms with Crippen molar-refractivity contribution in [1.82, 2.24) is 14.5 Å². The lowest BCUT2D eigenvalue weighted by atomic mass is 10.2. The van der Waals surface area contributed by atoms with E-state index in [0.29, 0.717) is 21.1 Å². The van der Waals surface area contributed by atoms with Gasteiger partial charge in [-0.15, -0.1) is 0 Å². The quantitative estimate of drug-likeness (QED) is 0.412. The van der Waals surface area contributed by atoms with Gasteiger partial charge in [-0.3, -0.25) is 14.2 Å². The lowest BCUT2D eigenvalue weighted by Crippen LogP contribution is -2.28. The summed E-state index contributed by atoms with van der Waals surface area (Å²) >= 11 is 13.1. The van der Waals surface area contributed by atoms with Gasteiger partial charge in [0.25, 0.3) is 5.56 Å². The number of nitrogens with one attached hydrogen (secondary N) is 1. The van der Waals surface area contributed by atoms with E-state index < -0.39 is 5.25 Å². The van der Waals surface area contributed by atoms with E-state index in [1.54, 1.807) is 23.6 Å². The summed E-state index contributed by atoms with van der Waals surface area (Å²) in [5.74, 6) is -0.0656. The highest BCUT2D eigenvalue weighted by atomic mass is 35.5. The molecule has 9 heteroatoms. The first-order valence-electron chi connectivity index (χ1n) is 9.11. The fourth-order valence-electron chi connectivity index (χ4n) is 2.72. The van der Waals surface area contributed by atoms with Crippen molar-refractivity contribution >= 4 is 57.6 Å². The average molecular weight is 451 g/mol. The van der Waals surface area contributed by atoms with Crippen LogP contribution in [-0.4, -0.2) is 25.7 Å². The molecule has 0 spiro atoms. The number of thioether (sulfide) groups is 1. The van der Waals surface area contributed by atoms with Gasteiger partial charge in [0, 0.05) is 12.2 Å². The number of para-hydroxylation sites is 1. The highest BCUT2D eigenvalue weighted by Gasteiger charge is 2.22. The number of carbonyl (C=O) groups is 1. The van der Waals surface area contributed by atoms with E-state index in [-0.39, 0.29) is 28.3 Å². The van der Waals surface area contributed by atoms with Gasteiger partial charge in [-0.2, -0.15) is 0 Å². The Labute approximate surface area is 182 Å². The molecule has 2 atom stereocenters. The van der Waals surface area contributed by atoms with Crippen LogP contribution in [0, 0.1) is 0 Å². The van der Waals surface area contributed by atoms with E-state index in [1.807, 2.05) is 26.0 Å². The molecule has 0 saturated heterocycles. The fourth-order valence-corrected chi connectivity index (χ4v) is 4.15. The molecule has 3 rings (SSSR count). The number of amides is 1. The predicted molar refractivity (Wildman–Crippen MR) is 119 cm³/mol. The number of rotatable bonds is 6. The van der Waals surface area contributed by atoms with Gasteiger partial charge in [0.05, 0.1) is 26.2 Å². The normalized spacial score (nSPS) is 13.3. The van der Waals surface area contributed by atoms with Crippen molar-refractivity contribution in [2.24, 2.45) is 0 Å². The molecular formula is C20H20Cl2N4O2S. The van der Waals surface area contributed by atoms with Crippen LogP contribution in [0.2, 0.25) is 10.0 Å². The summed E-state index contributed by atoms with van der Waals surface area (Å²) in [4.78, 5) is 34.4. The zero-order valence-electron chi connectivity index (χ0n) is 16.1. The third-order valence-electron chi connectivity index (χ3n) is 4.51. The van der Waals surface area contributed by atoms with Crippen LogP contribution in [-0.2, 0) is 4.79 Å². The maximum absolute atomic E-state index is 13.0. The number of pyridine rings is 1. The Kier molecular flexibility index (Phi) is 6.82. The molecule has 2 unspecified atom stereocenters. The molecule has 0 aliphatic carbocycles. The third-order valence-corrected chi connectivity index (χ3v) is 6.07. The van der Waals surface area contributed by atoms with Crippen LogP contribution in [0.5, 0.6) is 0 Å². The first-order chi connectivity index (χ1) is 13.8. The van der Waals surface area contributed by atoms with Crippen LogP contribution in [0.1, 0.15) is 33.2 Å². The Balaban J connectivity index is 1.91. The monoisotopic (exact) mass is 450 g/mol. The van der Waals surface area contributed by atoms with Crippen molar-refractivity contribution in [3.05, 3.63) is 56.9 Å². The van der Waals surface area contributed by atoms with Gasteiger partial charge in [0.2, 0.25) is 5.91 Å². The second-order valence-electron chi connectivity index (χ2n) is 6.58. The van der Waals surface area contributed by atoms with Gasteiger partial charge >= 0.3 is 0 Å². The highest BCUT2D eigenvalue weighted by molar-refractivity contribution is 8.00. The number of nitrogens with zero attached hydrogens (tertiary/aromatic N) is 3. The zero-order valence-corrected chi connectivity index (χ0v) is 18.5. The molecule has 0 aliphatic rings. The predicted octanol–water partition coefficient (Wildman–Crippen LogP) is 5.19. The van der Waals surface area contributed by atoms with Crippen molar-refractivity contribution in [1.29, 1.82) is 0 Å². The first-order valence-corrected chi connectivity index (χ1v) is 10.7. The smallest absolute Gasteiger partial charge is 0.262 e. The van der Waals surface area contributed by atoms with E-state index in [2.05, 4.69) is 15.3 Å². The summed E-state index contributed by atoms with van der Waals surface area (Å²) in [5.41, 5.74) is 0.497. The minimum atomic E-state index is -0.535. The summed E-state index contributed by atoms with van der Waals surface area (Å²) in [7, 11) is 0. The van der Waals surface area contributed by atoms with E-state index in [0.717, 1.165) is 6.42 Å². The van der Waals surface area contributed by atoms with Gasteiger partial charge in [-0.25, -0.2) is 9.97 Å². The standard InChI is InChI=1S/C20H20Cl2N4O2S/c1-4-11(2)26-19(28)14-7-5-6-8-16(14)24-20(26)29-12(3)18(27)25-17-15(22)9-13(21)10-23-17/h5-12H,4H2,1-3H3,(H,23,25,27). The molecule has 1 aromatic carbocycles. The number of hydrogen-bond donors (Lipinski definition) is 1. The number of fused-ring (bicyclic) bond motifs is 1. The van der Waals surface area contributed by atoms with E-state index in [9.17, 15) is 9.59 Å². The highest BCUT2D eigenvalue weighted by Crippen LogP contribution is 2.28. The molecule has 0 saturated carbocycles. The topological polar surface area (TPSA) is 76.9 Å². The minimum Gasteiger partial charge on any atom is -0.308 e. The van der Waals surface area contributed by atoms with E-state index in [1.165, 1.54) is 24.0 Å². The molecule has 3 aromatic rings. The SMILES string of the molecule is CCC(C)n1c(SC(C)C(=O)Nc2ncc(Cl)cc2Cl)nc2ccccc2c1=O. The van der Waals surface area contributed by atoms with Crippen molar-refractivity contribution in [2.75, 3.05) is 5.32 Å². The molecule has 29 heavy (non-hydrogen) atoms. The molecule has 0 aliphatic heterocycles. The third kappa shape index (κ3) is 4.74. The molecule has 2 heterocycles. The average Bonchev–Trinajstić information content (AvgIpc) is 2.69. The Morgan fingerprint density at radius 1 is 1.28 bits per heavy atom.